The lowest BCUT2D eigenvalue weighted by atomic mass is 9.83. The van der Waals surface area contributed by atoms with E-state index < -0.39 is 0 Å². The maximum atomic E-state index is 13.6. The molecule has 2 aliphatic rings. The molecule has 1 N–H and O–H groups in total. The van der Waals surface area contributed by atoms with Crippen molar-refractivity contribution in [3.63, 3.8) is 0 Å². The zero-order chi connectivity index (χ0) is 26.6. The molecule has 9 nitrogen and oxygen atoms in total. The number of rotatable bonds is 8. The van der Waals surface area contributed by atoms with Crippen LogP contribution in [0.3, 0.4) is 0 Å². The van der Waals surface area contributed by atoms with Crippen LogP contribution in [0, 0.1) is 16.0 Å². The molecule has 2 atom stereocenters. The molecular weight excluding hydrogens is 484 g/mol. The van der Waals surface area contributed by atoms with Crippen LogP contribution in [0.5, 0.6) is 11.5 Å². The summed E-state index contributed by atoms with van der Waals surface area (Å²) in [6.45, 7) is 2.60. The smallest absolute Gasteiger partial charge is 0.269 e. The minimum absolute atomic E-state index is 0.0347. The number of fused-ring (bicyclic) bond motifs is 3. The number of benzene rings is 3. The number of nitrogens with one attached hydrogen (secondary N) is 1. The number of carbonyl (C=O) groups excluding carboxylic acids is 1. The number of ether oxygens (including phenoxy) is 2. The number of para-hydroxylation sites is 2. The van der Waals surface area contributed by atoms with Gasteiger partial charge < -0.3 is 24.6 Å². The van der Waals surface area contributed by atoms with E-state index in [-0.39, 0.29) is 28.5 Å². The molecule has 9 heteroatoms. The molecule has 0 aromatic heterocycles. The number of nitro benzene ring substituents is 1. The van der Waals surface area contributed by atoms with Crippen molar-refractivity contribution < 1.29 is 19.2 Å². The number of methoxy groups -OCH3 is 2. The molecule has 2 aliphatic heterocycles. The van der Waals surface area contributed by atoms with Crippen molar-refractivity contribution in [3.05, 3.63) is 88.0 Å². The average molecular weight is 517 g/mol. The van der Waals surface area contributed by atoms with Gasteiger partial charge in [-0.15, -0.1) is 0 Å². The molecule has 0 bridgehead atoms. The molecule has 1 amide bonds. The topological polar surface area (TPSA) is 97.2 Å². The number of hydrogen-bond acceptors (Lipinski definition) is 7. The molecule has 5 rings (SSSR count). The van der Waals surface area contributed by atoms with E-state index >= 15 is 0 Å². The molecule has 0 unspecified atom stereocenters. The second kappa shape index (κ2) is 11.0. The van der Waals surface area contributed by atoms with Gasteiger partial charge in [0.1, 0.15) is 11.5 Å². The van der Waals surface area contributed by atoms with E-state index in [0.717, 1.165) is 40.5 Å². The molecular formula is C29H32N4O5. The fourth-order valence-electron chi connectivity index (χ4n) is 5.59. The van der Waals surface area contributed by atoms with E-state index in [0.29, 0.717) is 32.5 Å². The zero-order valence-corrected chi connectivity index (χ0v) is 21.6. The Labute approximate surface area is 222 Å². The Hall–Kier alpha value is -4.27. The predicted octanol–water partition coefficient (Wildman–Crippen LogP) is 3.84. The molecule has 3 aromatic rings. The summed E-state index contributed by atoms with van der Waals surface area (Å²) in [6, 6.07) is 20.7. The van der Waals surface area contributed by atoms with Gasteiger partial charge in [-0.1, -0.05) is 24.3 Å². The monoisotopic (exact) mass is 516 g/mol. The van der Waals surface area contributed by atoms with E-state index in [1.807, 2.05) is 54.6 Å². The highest BCUT2D eigenvalue weighted by atomic mass is 16.6. The van der Waals surface area contributed by atoms with Gasteiger partial charge in [-0.3, -0.25) is 14.9 Å². The fraction of sp³-hybridized carbons (Fsp3) is 0.345. The van der Waals surface area contributed by atoms with Gasteiger partial charge in [0.05, 0.1) is 36.8 Å². The number of carbonyl (C=O) groups is 1. The Morgan fingerprint density at radius 1 is 1.03 bits per heavy atom. The van der Waals surface area contributed by atoms with Crippen molar-refractivity contribution in [1.82, 2.24) is 5.32 Å². The zero-order valence-electron chi connectivity index (χ0n) is 21.6. The van der Waals surface area contributed by atoms with Crippen LogP contribution in [-0.2, 0) is 17.6 Å². The van der Waals surface area contributed by atoms with Gasteiger partial charge in [-0.2, -0.15) is 0 Å². The Morgan fingerprint density at radius 2 is 1.82 bits per heavy atom. The summed E-state index contributed by atoms with van der Waals surface area (Å²) in [7, 11) is 3.30. The highest BCUT2D eigenvalue weighted by Crippen LogP contribution is 2.39. The van der Waals surface area contributed by atoms with Crippen LogP contribution in [0.1, 0.15) is 11.1 Å². The second-order valence-corrected chi connectivity index (χ2v) is 9.65. The first-order valence-corrected chi connectivity index (χ1v) is 12.8. The highest BCUT2D eigenvalue weighted by molar-refractivity contribution is 5.82. The minimum Gasteiger partial charge on any atom is -0.497 e. The lowest BCUT2D eigenvalue weighted by Crippen LogP contribution is -2.61. The Morgan fingerprint density at radius 3 is 2.55 bits per heavy atom. The molecule has 0 spiro atoms. The number of anilines is 2. The maximum absolute atomic E-state index is 13.6. The molecule has 1 saturated heterocycles. The van der Waals surface area contributed by atoms with Crippen molar-refractivity contribution in [2.45, 2.75) is 18.9 Å². The first kappa shape index (κ1) is 25.4. The lowest BCUT2D eigenvalue weighted by Gasteiger charge is -2.49. The van der Waals surface area contributed by atoms with E-state index in [1.165, 1.54) is 0 Å². The van der Waals surface area contributed by atoms with Crippen molar-refractivity contribution in [2.75, 3.05) is 50.2 Å². The predicted molar refractivity (Wildman–Crippen MR) is 146 cm³/mol. The van der Waals surface area contributed by atoms with Crippen LogP contribution >= 0.6 is 0 Å². The van der Waals surface area contributed by atoms with Crippen molar-refractivity contribution in [1.29, 1.82) is 0 Å². The maximum Gasteiger partial charge on any atom is 0.269 e. The number of nitro groups is 1. The molecule has 3 aromatic carbocycles. The van der Waals surface area contributed by atoms with Gasteiger partial charge in [-0.25, -0.2) is 0 Å². The summed E-state index contributed by atoms with van der Waals surface area (Å²) in [5.74, 6) is 1.21. The Bertz CT molecular complexity index is 1310. The largest absolute Gasteiger partial charge is 0.497 e. The van der Waals surface area contributed by atoms with Gasteiger partial charge in [0, 0.05) is 44.0 Å². The average Bonchev–Trinajstić information content (AvgIpc) is 2.96. The van der Waals surface area contributed by atoms with Gasteiger partial charge in [-0.05, 0) is 54.3 Å². The van der Waals surface area contributed by atoms with Gasteiger partial charge in [0.2, 0.25) is 5.91 Å². The number of non-ortho nitro benzene ring substituents is 1. The summed E-state index contributed by atoms with van der Waals surface area (Å²) in [6.07, 6.45) is 1.15. The van der Waals surface area contributed by atoms with Crippen LogP contribution in [0.2, 0.25) is 0 Å². The summed E-state index contributed by atoms with van der Waals surface area (Å²) in [5.41, 5.74) is 3.98. The number of amides is 1. The summed E-state index contributed by atoms with van der Waals surface area (Å²) in [4.78, 5) is 29.2. The molecule has 0 radical (unpaired) electrons. The van der Waals surface area contributed by atoms with Gasteiger partial charge >= 0.3 is 0 Å². The van der Waals surface area contributed by atoms with E-state index in [1.54, 1.807) is 26.4 Å². The van der Waals surface area contributed by atoms with Crippen LogP contribution in [0.4, 0.5) is 17.1 Å². The van der Waals surface area contributed by atoms with E-state index in [9.17, 15) is 14.9 Å². The van der Waals surface area contributed by atoms with Crippen molar-refractivity contribution in [3.8, 4) is 11.5 Å². The van der Waals surface area contributed by atoms with Crippen LogP contribution in [0.15, 0.2) is 66.7 Å². The standard InChI is InChI=1S/C29H32N4O5/c1-37-23-10-7-20(8-11-23)13-14-30-29(34)24-18-21-17-22(33(35)36)9-12-25(21)32-16-15-31(19-27(24)32)26-5-3-4-6-28(26)38-2/h3-12,17,24,27H,13-16,18-19H2,1-2H3,(H,30,34)/t24-,27+/m1/s1. The SMILES string of the molecule is COc1ccc(CCNC(=O)[C@@H]2Cc3cc([N+](=O)[O-])ccc3N3CCN(c4ccccc4OC)C[C@@H]23)cc1. The number of hydrogen-bond donors (Lipinski definition) is 1. The molecule has 38 heavy (non-hydrogen) atoms. The van der Waals surface area contributed by atoms with Crippen LogP contribution < -0.4 is 24.6 Å². The molecule has 0 aliphatic carbocycles. The Kier molecular flexibility index (Phi) is 7.35. The first-order chi connectivity index (χ1) is 18.5. The molecule has 0 saturated carbocycles. The van der Waals surface area contributed by atoms with E-state index in [2.05, 4.69) is 15.1 Å². The Balaban J connectivity index is 1.37. The molecule has 1 fully saturated rings. The van der Waals surface area contributed by atoms with Crippen LogP contribution in [0.25, 0.3) is 0 Å². The first-order valence-electron chi connectivity index (χ1n) is 12.8. The molecule has 198 valence electrons. The number of nitrogens with zero attached hydrogens (tertiary/aromatic N) is 3. The van der Waals surface area contributed by atoms with Crippen molar-refractivity contribution >= 4 is 23.0 Å². The summed E-state index contributed by atoms with van der Waals surface area (Å²) < 4.78 is 10.8. The molecule has 2 heterocycles. The van der Waals surface area contributed by atoms with Gasteiger partial charge in [0.25, 0.3) is 5.69 Å². The summed E-state index contributed by atoms with van der Waals surface area (Å²) in [5, 5.41) is 14.6. The van der Waals surface area contributed by atoms with Crippen LogP contribution in [-0.4, -0.2) is 57.3 Å². The third-order valence-corrected chi connectivity index (χ3v) is 7.54. The number of piperazine rings is 1. The fourth-order valence-corrected chi connectivity index (χ4v) is 5.59. The van der Waals surface area contributed by atoms with Gasteiger partial charge in [0.15, 0.2) is 0 Å². The normalized spacial score (nSPS) is 18.3. The summed E-state index contributed by atoms with van der Waals surface area (Å²) >= 11 is 0. The third kappa shape index (κ3) is 5.09. The van der Waals surface area contributed by atoms with Crippen molar-refractivity contribution in [2.24, 2.45) is 5.92 Å². The minimum atomic E-state index is -0.379. The second-order valence-electron chi connectivity index (χ2n) is 9.65. The van der Waals surface area contributed by atoms with E-state index in [4.69, 9.17) is 9.47 Å². The quantitative estimate of drug-likeness (QED) is 0.359. The third-order valence-electron chi connectivity index (χ3n) is 7.54. The lowest BCUT2D eigenvalue weighted by molar-refractivity contribution is -0.384. The highest BCUT2D eigenvalue weighted by Gasteiger charge is 2.42.